The van der Waals surface area contributed by atoms with E-state index in [2.05, 4.69) is 21.6 Å². The standard InChI is InChI=1S/C22H30N4O2.C2H6/c1-5-15-6-7-18(16(8-15)11-23)24-20(28)17-9-22(10-17)13-26(14-22)12-19(27)25-21(2,3)4;1-2/h6-8,17H,5,9-10,12-14H2,1-4H3,(H,24,28)(H,25,27);1-2H3. The van der Waals surface area contributed by atoms with Crippen molar-refractivity contribution in [2.24, 2.45) is 11.3 Å². The van der Waals surface area contributed by atoms with Crippen molar-refractivity contribution in [2.75, 3.05) is 25.0 Å². The van der Waals surface area contributed by atoms with Crippen LogP contribution in [0.25, 0.3) is 0 Å². The molecule has 0 radical (unpaired) electrons. The van der Waals surface area contributed by atoms with Gasteiger partial charge in [-0.25, -0.2) is 0 Å². The van der Waals surface area contributed by atoms with Gasteiger partial charge in [-0.2, -0.15) is 5.26 Å². The van der Waals surface area contributed by atoms with Gasteiger partial charge in [-0.05, 0) is 63.1 Å². The smallest absolute Gasteiger partial charge is 0.234 e. The van der Waals surface area contributed by atoms with E-state index >= 15 is 0 Å². The Kier molecular flexibility index (Phi) is 7.65. The number of nitrogens with zero attached hydrogens (tertiary/aromatic N) is 2. The minimum absolute atomic E-state index is 0.00435. The molecule has 2 N–H and O–H groups in total. The van der Waals surface area contributed by atoms with Crippen LogP contribution in [0.2, 0.25) is 0 Å². The van der Waals surface area contributed by atoms with Crippen LogP contribution in [0.1, 0.15) is 65.5 Å². The van der Waals surface area contributed by atoms with E-state index in [0.29, 0.717) is 17.8 Å². The van der Waals surface area contributed by atoms with Crippen LogP contribution in [-0.4, -0.2) is 41.9 Å². The fraction of sp³-hybridized carbons (Fsp3) is 0.625. The third kappa shape index (κ3) is 5.82. The highest BCUT2D eigenvalue weighted by Gasteiger charge is 2.54. The summed E-state index contributed by atoms with van der Waals surface area (Å²) in [4.78, 5) is 26.7. The molecule has 1 aromatic rings. The van der Waals surface area contributed by atoms with Crippen molar-refractivity contribution in [3.05, 3.63) is 29.3 Å². The molecule has 1 heterocycles. The van der Waals surface area contributed by atoms with Gasteiger partial charge in [0.15, 0.2) is 0 Å². The van der Waals surface area contributed by atoms with Crippen LogP contribution in [0.15, 0.2) is 18.2 Å². The Morgan fingerprint density at radius 3 is 2.40 bits per heavy atom. The molecule has 1 spiro atoms. The van der Waals surface area contributed by atoms with Gasteiger partial charge in [-0.15, -0.1) is 0 Å². The number of amides is 2. The van der Waals surface area contributed by atoms with E-state index in [4.69, 9.17) is 0 Å². The molecule has 164 valence electrons. The molecule has 0 atom stereocenters. The number of anilines is 1. The largest absolute Gasteiger partial charge is 0.350 e. The Hall–Kier alpha value is -2.39. The van der Waals surface area contributed by atoms with E-state index in [0.717, 1.165) is 37.9 Å². The van der Waals surface area contributed by atoms with E-state index in [9.17, 15) is 14.9 Å². The lowest BCUT2D eigenvalue weighted by Crippen LogP contribution is -2.65. The molecule has 6 nitrogen and oxygen atoms in total. The molecule has 1 aliphatic carbocycles. The summed E-state index contributed by atoms with van der Waals surface area (Å²) >= 11 is 0. The van der Waals surface area contributed by atoms with E-state index in [1.807, 2.05) is 59.7 Å². The van der Waals surface area contributed by atoms with Crippen molar-refractivity contribution >= 4 is 17.5 Å². The van der Waals surface area contributed by atoms with Crippen LogP contribution < -0.4 is 10.6 Å². The average molecular weight is 413 g/mol. The Labute approximate surface area is 181 Å². The van der Waals surface area contributed by atoms with E-state index in [1.165, 1.54) is 0 Å². The number of aryl methyl sites for hydroxylation is 1. The van der Waals surface area contributed by atoms with Crippen LogP contribution in [0.5, 0.6) is 0 Å². The summed E-state index contributed by atoms with van der Waals surface area (Å²) in [6.45, 7) is 14.1. The number of carbonyl (C=O) groups excluding carboxylic acids is 2. The van der Waals surface area contributed by atoms with Crippen LogP contribution in [0.3, 0.4) is 0 Å². The van der Waals surface area contributed by atoms with Gasteiger partial charge >= 0.3 is 0 Å². The average Bonchev–Trinajstić information content (AvgIpc) is 2.62. The third-order valence-electron chi connectivity index (χ3n) is 5.60. The maximum Gasteiger partial charge on any atom is 0.234 e. The molecule has 1 aliphatic heterocycles. The third-order valence-corrected chi connectivity index (χ3v) is 5.60. The van der Waals surface area contributed by atoms with Gasteiger partial charge < -0.3 is 10.6 Å². The molecule has 2 amide bonds. The number of nitriles is 1. The van der Waals surface area contributed by atoms with Gasteiger partial charge in [0.25, 0.3) is 0 Å². The molecule has 3 rings (SSSR count). The number of hydrogen-bond donors (Lipinski definition) is 2. The summed E-state index contributed by atoms with van der Waals surface area (Å²) in [7, 11) is 0. The van der Waals surface area contributed by atoms with Crippen molar-refractivity contribution in [3.8, 4) is 6.07 Å². The summed E-state index contributed by atoms with van der Waals surface area (Å²) in [5.74, 6) is 0.0359. The van der Waals surface area contributed by atoms with Crippen LogP contribution >= 0.6 is 0 Å². The molecule has 0 aromatic heterocycles. The van der Waals surface area contributed by atoms with E-state index in [-0.39, 0.29) is 28.7 Å². The second kappa shape index (κ2) is 9.61. The monoisotopic (exact) mass is 412 g/mol. The highest BCUT2D eigenvalue weighted by Crippen LogP contribution is 2.52. The number of rotatable bonds is 5. The highest BCUT2D eigenvalue weighted by atomic mass is 16.2. The first-order valence-electron chi connectivity index (χ1n) is 11.0. The fourth-order valence-electron chi connectivity index (χ4n) is 4.35. The zero-order valence-electron chi connectivity index (χ0n) is 19.3. The van der Waals surface area contributed by atoms with Gasteiger partial charge in [0, 0.05) is 24.5 Å². The molecule has 2 fully saturated rings. The number of hydrogen-bond acceptors (Lipinski definition) is 4. The summed E-state index contributed by atoms with van der Waals surface area (Å²) in [6.07, 6.45) is 2.56. The topological polar surface area (TPSA) is 85.2 Å². The van der Waals surface area contributed by atoms with Gasteiger partial charge in [0.2, 0.25) is 11.8 Å². The molecule has 30 heavy (non-hydrogen) atoms. The van der Waals surface area contributed by atoms with Crippen LogP contribution in [0, 0.1) is 22.7 Å². The summed E-state index contributed by atoms with van der Waals surface area (Å²) in [5, 5.41) is 15.2. The Morgan fingerprint density at radius 2 is 1.87 bits per heavy atom. The number of benzene rings is 1. The fourth-order valence-corrected chi connectivity index (χ4v) is 4.35. The van der Waals surface area contributed by atoms with Crippen molar-refractivity contribution in [2.45, 2.75) is 66.3 Å². The first kappa shape index (κ1) is 23.9. The Balaban J connectivity index is 0.00000155. The minimum Gasteiger partial charge on any atom is -0.350 e. The van der Waals surface area contributed by atoms with Crippen molar-refractivity contribution < 1.29 is 9.59 Å². The Morgan fingerprint density at radius 1 is 1.23 bits per heavy atom. The first-order valence-corrected chi connectivity index (χ1v) is 11.0. The summed E-state index contributed by atoms with van der Waals surface area (Å²) in [5.41, 5.74) is 2.17. The molecular formula is C24H36N4O2. The van der Waals surface area contributed by atoms with Crippen molar-refractivity contribution in [1.82, 2.24) is 10.2 Å². The first-order chi connectivity index (χ1) is 14.1. The zero-order valence-corrected chi connectivity index (χ0v) is 19.3. The SMILES string of the molecule is CC.CCc1ccc(NC(=O)C2CC3(C2)CN(CC(=O)NC(C)(C)C)C3)c(C#N)c1. The summed E-state index contributed by atoms with van der Waals surface area (Å²) < 4.78 is 0. The molecule has 1 aromatic carbocycles. The van der Waals surface area contributed by atoms with Crippen molar-refractivity contribution in [1.29, 1.82) is 5.26 Å². The lowest BCUT2D eigenvalue weighted by atomic mass is 9.57. The molecule has 2 aliphatic rings. The number of nitrogens with one attached hydrogen (secondary N) is 2. The predicted molar refractivity (Wildman–Crippen MR) is 120 cm³/mol. The summed E-state index contributed by atoms with van der Waals surface area (Å²) in [6, 6.07) is 7.78. The zero-order chi connectivity index (χ0) is 22.5. The van der Waals surface area contributed by atoms with Crippen LogP contribution in [-0.2, 0) is 16.0 Å². The lowest BCUT2D eigenvalue weighted by molar-refractivity contribution is -0.144. The van der Waals surface area contributed by atoms with Gasteiger partial charge in [0.1, 0.15) is 6.07 Å². The second-order valence-electron chi connectivity index (χ2n) is 9.38. The van der Waals surface area contributed by atoms with E-state index in [1.54, 1.807) is 0 Å². The maximum absolute atomic E-state index is 12.6. The number of carbonyl (C=O) groups is 2. The highest BCUT2D eigenvalue weighted by molar-refractivity contribution is 5.94. The molecule has 0 bridgehead atoms. The predicted octanol–water partition coefficient (Wildman–Crippen LogP) is 3.71. The number of likely N-dealkylation sites (tertiary alicyclic amines) is 1. The van der Waals surface area contributed by atoms with Crippen LogP contribution in [0.4, 0.5) is 5.69 Å². The molecule has 6 heteroatoms. The van der Waals surface area contributed by atoms with Gasteiger partial charge in [0.05, 0.1) is 17.8 Å². The molecule has 0 unspecified atom stereocenters. The molecule has 1 saturated carbocycles. The normalized spacial score (nSPS) is 17.6. The quantitative estimate of drug-likeness (QED) is 0.772. The maximum atomic E-state index is 12.6. The van der Waals surface area contributed by atoms with E-state index < -0.39 is 0 Å². The molecular weight excluding hydrogens is 376 g/mol. The molecule has 1 saturated heterocycles. The Bertz CT molecular complexity index is 805. The van der Waals surface area contributed by atoms with Gasteiger partial charge in [-0.1, -0.05) is 26.8 Å². The minimum atomic E-state index is -0.211. The van der Waals surface area contributed by atoms with Crippen molar-refractivity contribution in [3.63, 3.8) is 0 Å². The lowest BCUT2D eigenvalue weighted by Gasteiger charge is -2.58. The second-order valence-corrected chi connectivity index (χ2v) is 9.38. The van der Waals surface area contributed by atoms with Gasteiger partial charge in [-0.3, -0.25) is 14.5 Å².